The maximum atomic E-state index is 13.8. The van der Waals surface area contributed by atoms with Crippen molar-refractivity contribution in [3.63, 3.8) is 0 Å². The number of carbonyl (C=O) groups excluding carboxylic acids is 1. The van der Waals surface area contributed by atoms with Crippen LogP contribution in [0.3, 0.4) is 0 Å². The molecule has 5 heteroatoms. The van der Waals surface area contributed by atoms with E-state index in [-0.39, 0.29) is 29.7 Å². The quantitative estimate of drug-likeness (QED) is 0.589. The zero-order valence-corrected chi connectivity index (χ0v) is 18.2. The Kier molecular flexibility index (Phi) is 6.76. The predicted molar refractivity (Wildman–Crippen MR) is 112 cm³/mol. The van der Waals surface area contributed by atoms with E-state index in [2.05, 4.69) is 23.9 Å². The van der Waals surface area contributed by atoms with Crippen LogP contribution in [-0.4, -0.2) is 22.0 Å². The lowest BCUT2D eigenvalue weighted by molar-refractivity contribution is -0.138. The van der Waals surface area contributed by atoms with E-state index in [9.17, 15) is 9.18 Å². The van der Waals surface area contributed by atoms with Crippen LogP contribution in [0.1, 0.15) is 87.4 Å². The number of hydrogen-bond donors (Lipinski definition) is 0. The highest BCUT2D eigenvalue weighted by atomic mass is 19.1. The van der Waals surface area contributed by atoms with Crippen molar-refractivity contribution in [1.82, 2.24) is 10.1 Å². The highest BCUT2D eigenvalue weighted by molar-refractivity contribution is 5.84. The molecular weight excluding hydrogens is 367 g/mol. The molecule has 29 heavy (non-hydrogen) atoms. The molecule has 0 saturated heterocycles. The molecule has 1 aliphatic carbocycles. The van der Waals surface area contributed by atoms with Gasteiger partial charge in [-0.2, -0.15) is 0 Å². The van der Waals surface area contributed by atoms with Crippen molar-refractivity contribution in [3.8, 4) is 0 Å². The van der Waals surface area contributed by atoms with Crippen LogP contribution in [0.25, 0.3) is 0 Å². The summed E-state index contributed by atoms with van der Waals surface area (Å²) in [5.74, 6) is 0.965. The standard InChI is InChI=1S/C24H33FN2O2/c1-6-19-7-13-22(14-8-19)27(17(4)20-9-11-21(25)12-10-20)24(28)15(2)23-16(3)26-29-18(23)5/h9-12,15,17,19,22H,6-8,13-14H2,1-5H3/t15-,17-,19?,22?/m0/s1. The normalized spacial score (nSPS) is 21.6. The average Bonchev–Trinajstić information content (AvgIpc) is 3.06. The van der Waals surface area contributed by atoms with Gasteiger partial charge in [0.15, 0.2) is 0 Å². The fraction of sp³-hybridized carbons (Fsp3) is 0.583. The summed E-state index contributed by atoms with van der Waals surface area (Å²) in [7, 11) is 0. The maximum absolute atomic E-state index is 13.8. The summed E-state index contributed by atoms with van der Waals surface area (Å²) in [4.78, 5) is 15.8. The van der Waals surface area contributed by atoms with Crippen molar-refractivity contribution in [2.45, 2.75) is 84.7 Å². The van der Waals surface area contributed by atoms with E-state index in [1.165, 1.54) is 18.6 Å². The summed E-state index contributed by atoms with van der Waals surface area (Å²) in [6.07, 6.45) is 5.54. The second kappa shape index (κ2) is 9.10. The monoisotopic (exact) mass is 400 g/mol. The van der Waals surface area contributed by atoms with Crippen LogP contribution >= 0.6 is 0 Å². The molecule has 0 unspecified atom stereocenters. The number of nitrogens with zero attached hydrogens (tertiary/aromatic N) is 2. The van der Waals surface area contributed by atoms with Gasteiger partial charge in [-0.1, -0.05) is 30.6 Å². The number of aromatic nitrogens is 1. The highest BCUT2D eigenvalue weighted by Gasteiger charge is 2.36. The lowest BCUT2D eigenvalue weighted by Gasteiger charge is -2.42. The Morgan fingerprint density at radius 1 is 1.17 bits per heavy atom. The second-order valence-electron chi connectivity index (χ2n) is 8.52. The Labute approximate surface area is 173 Å². The zero-order chi connectivity index (χ0) is 21.1. The molecule has 1 aromatic carbocycles. The van der Waals surface area contributed by atoms with Crippen molar-refractivity contribution in [1.29, 1.82) is 0 Å². The first-order chi connectivity index (χ1) is 13.8. The van der Waals surface area contributed by atoms with Crippen LogP contribution < -0.4 is 0 Å². The van der Waals surface area contributed by atoms with E-state index >= 15 is 0 Å². The zero-order valence-electron chi connectivity index (χ0n) is 18.2. The minimum Gasteiger partial charge on any atom is -0.361 e. The van der Waals surface area contributed by atoms with Gasteiger partial charge in [0.2, 0.25) is 5.91 Å². The van der Waals surface area contributed by atoms with Crippen molar-refractivity contribution in [2.24, 2.45) is 5.92 Å². The maximum Gasteiger partial charge on any atom is 0.230 e. The molecule has 158 valence electrons. The van der Waals surface area contributed by atoms with E-state index in [0.717, 1.165) is 48.4 Å². The smallest absolute Gasteiger partial charge is 0.230 e. The fourth-order valence-electron chi connectivity index (χ4n) is 4.88. The Morgan fingerprint density at radius 3 is 2.31 bits per heavy atom. The van der Waals surface area contributed by atoms with Crippen molar-refractivity contribution < 1.29 is 13.7 Å². The van der Waals surface area contributed by atoms with Crippen LogP contribution in [0, 0.1) is 25.6 Å². The number of aryl methyl sites for hydroxylation is 2. The number of hydrogen-bond acceptors (Lipinski definition) is 3. The van der Waals surface area contributed by atoms with Crippen LogP contribution in [-0.2, 0) is 4.79 Å². The van der Waals surface area contributed by atoms with Crippen LogP contribution in [0.2, 0.25) is 0 Å². The largest absolute Gasteiger partial charge is 0.361 e. The van der Waals surface area contributed by atoms with Gasteiger partial charge in [-0.05, 0) is 77.0 Å². The van der Waals surface area contributed by atoms with Gasteiger partial charge >= 0.3 is 0 Å². The number of benzene rings is 1. The number of halogens is 1. The average molecular weight is 401 g/mol. The molecule has 0 bridgehead atoms. The molecule has 0 radical (unpaired) electrons. The van der Waals surface area contributed by atoms with Gasteiger partial charge in [-0.25, -0.2) is 4.39 Å². The van der Waals surface area contributed by atoms with E-state index < -0.39 is 0 Å². The van der Waals surface area contributed by atoms with Crippen LogP contribution in [0.4, 0.5) is 4.39 Å². The summed E-state index contributed by atoms with van der Waals surface area (Å²) >= 11 is 0. The molecule has 1 aromatic heterocycles. The molecule has 1 heterocycles. The van der Waals surface area contributed by atoms with Gasteiger partial charge in [0, 0.05) is 11.6 Å². The third-order valence-corrected chi connectivity index (χ3v) is 6.70. The number of amides is 1. The predicted octanol–water partition coefficient (Wildman–Crippen LogP) is 6.09. The summed E-state index contributed by atoms with van der Waals surface area (Å²) in [6, 6.07) is 6.61. The molecule has 1 fully saturated rings. The van der Waals surface area contributed by atoms with Crippen LogP contribution in [0.5, 0.6) is 0 Å². The van der Waals surface area contributed by atoms with Gasteiger partial charge in [-0.3, -0.25) is 4.79 Å². The van der Waals surface area contributed by atoms with Gasteiger partial charge in [-0.15, -0.1) is 0 Å². The summed E-state index contributed by atoms with van der Waals surface area (Å²) < 4.78 is 18.8. The summed E-state index contributed by atoms with van der Waals surface area (Å²) in [6.45, 7) is 9.98. The molecule has 1 aliphatic rings. The summed E-state index contributed by atoms with van der Waals surface area (Å²) in [5.41, 5.74) is 2.62. The van der Waals surface area contributed by atoms with E-state index in [4.69, 9.17) is 4.52 Å². The van der Waals surface area contributed by atoms with Crippen molar-refractivity contribution in [2.75, 3.05) is 0 Å². The molecule has 3 rings (SSSR count). The van der Waals surface area contributed by atoms with Gasteiger partial charge < -0.3 is 9.42 Å². The Morgan fingerprint density at radius 2 is 1.79 bits per heavy atom. The molecule has 0 N–H and O–H groups in total. The minimum absolute atomic E-state index is 0.0937. The lowest BCUT2D eigenvalue weighted by atomic mass is 9.82. The minimum atomic E-state index is -0.326. The lowest BCUT2D eigenvalue weighted by Crippen LogP contribution is -2.45. The highest BCUT2D eigenvalue weighted by Crippen LogP contribution is 2.37. The van der Waals surface area contributed by atoms with Gasteiger partial charge in [0.1, 0.15) is 11.6 Å². The summed E-state index contributed by atoms with van der Waals surface area (Å²) in [5, 5.41) is 4.04. The number of rotatable bonds is 6. The molecular formula is C24H33FN2O2. The third kappa shape index (κ3) is 4.54. The molecule has 1 saturated carbocycles. The fourth-order valence-corrected chi connectivity index (χ4v) is 4.88. The Balaban J connectivity index is 1.91. The van der Waals surface area contributed by atoms with Gasteiger partial charge in [0.25, 0.3) is 0 Å². The molecule has 4 nitrogen and oxygen atoms in total. The Hall–Kier alpha value is -2.17. The van der Waals surface area contributed by atoms with Gasteiger partial charge in [0.05, 0.1) is 17.7 Å². The second-order valence-corrected chi connectivity index (χ2v) is 8.52. The third-order valence-electron chi connectivity index (χ3n) is 6.70. The molecule has 0 aliphatic heterocycles. The van der Waals surface area contributed by atoms with Crippen molar-refractivity contribution in [3.05, 3.63) is 52.7 Å². The van der Waals surface area contributed by atoms with Crippen LogP contribution in [0.15, 0.2) is 28.8 Å². The van der Waals surface area contributed by atoms with Crippen molar-refractivity contribution >= 4 is 5.91 Å². The Bertz CT molecular complexity index is 802. The van der Waals surface area contributed by atoms with E-state index in [1.54, 1.807) is 12.1 Å². The molecule has 1 amide bonds. The van der Waals surface area contributed by atoms with E-state index in [0.29, 0.717) is 5.76 Å². The van der Waals surface area contributed by atoms with E-state index in [1.807, 2.05) is 20.8 Å². The first kappa shape index (κ1) is 21.5. The topological polar surface area (TPSA) is 46.3 Å². The number of carbonyl (C=O) groups is 1. The SMILES string of the molecule is CCC1CCC(N(C(=O)[C@@H](C)c2c(C)noc2C)[C@@H](C)c2ccc(F)cc2)CC1. The first-order valence-corrected chi connectivity index (χ1v) is 10.8. The molecule has 2 aromatic rings. The first-order valence-electron chi connectivity index (χ1n) is 10.8. The molecule has 2 atom stereocenters. The molecule has 0 spiro atoms.